The van der Waals surface area contributed by atoms with Gasteiger partial charge in [-0.05, 0) is 48.7 Å². The predicted molar refractivity (Wildman–Crippen MR) is 136 cm³/mol. The maximum Gasteiger partial charge on any atom is 0.293 e. The van der Waals surface area contributed by atoms with E-state index in [9.17, 15) is 19.2 Å². The van der Waals surface area contributed by atoms with Crippen LogP contribution in [0.5, 0.6) is 0 Å². The molecule has 2 aliphatic rings. The van der Waals surface area contributed by atoms with E-state index in [4.69, 9.17) is 0 Å². The number of rotatable bonds is 6. The van der Waals surface area contributed by atoms with Crippen molar-refractivity contribution in [2.24, 2.45) is 0 Å². The fourth-order valence-corrected chi connectivity index (χ4v) is 5.43. The van der Waals surface area contributed by atoms with Gasteiger partial charge in [0.1, 0.15) is 0 Å². The Labute approximate surface area is 209 Å². The van der Waals surface area contributed by atoms with Gasteiger partial charge in [-0.15, -0.1) is 0 Å². The first kappa shape index (κ1) is 24.7. The summed E-state index contributed by atoms with van der Waals surface area (Å²) in [4.78, 5) is 53.9. The van der Waals surface area contributed by atoms with Gasteiger partial charge in [-0.25, -0.2) is 0 Å². The van der Waals surface area contributed by atoms with E-state index in [-0.39, 0.29) is 36.1 Å². The number of likely N-dealkylation sites (tertiary alicyclic amines) is 1. The van der Waals surface area contributed by atoms with Crippen LogP contribution in [0.3, 0.4) is 0 Å². The average molecular weight is 492 g/mol. The molecule has 0 spiro atoms. The number of benzene rings is 2. The van der Waals surface area contributed by atoms with E-state index in [2.05, 4.69) is 5.32 Å². The fourth-order valence-electron chi connectivity index (χ4n) is 4.56. The van der Waals surface area contributed by atoms with Crippen LogP contribution >= 0.6 is 11.8 Å². The molecule has 0 bridgehead atoms. The van der Waals surface area contributed by atoms with Crippen molar-refractivity contribution in [2.45, 2.75) is 32.1 Å². The van der Waals surface area contributed by atoms with Crippen molar-refractivity contribution in [3.05, 3.63) is 76.2 Å². The fraction of sp³-hybridized carbons (Fsp3) is 0.333. The first-order valence-electron chi connectivity index (χ1n) is 11.7. The normalized spacial score (nSPS) is 18.7. The highest BCUT2D eigenvalue weighted by Crippen LogP contribution is 2.36. The number of carbonyl (C=O) groups is 4. The molecule has 1 N–H and O–H groups in total. The van der Waals surface area contributed by atoms with Crippen LogP contribution in [0.25, 0.3) is 6.08 Å². The summed E-state index contributed by atoms with van der Waals surface area (Å²) < 4.78 is 0. The average Bonchev–Trinajstić information content (AvgIpc) is 3.13. The Morgan fingerprint density at radius 1 is 1.03 bits per heavy atom. The topological polar surface area (TPSA) is 86.8 Å². The molecule has 2 fully saturated rings. The number of hydrogen-bond acceptors (Lipinski definition) is 5. The van der Waals surface area contributed by atoms with Gasteiger partial charge in [0, 0.05) is 33.1 Å². The van der Waals surface area contributed by atoms with Gasteiger partial charge in [-0.3, -0.25) is 24.1 Å². The largest absolute Gasteiger partial charge is 0.354 e. The van der Waals surface area contributed by atoms with Gasteiger partial charge in [0.2, 0.25) is 11.8 Å². The van der Waals surface area contributed by atoms with E-state index in [0.29, 0.717) is 30.8 Å². The van der Waals surface area contributed by atoms with E-state index in [1.807, 2.05) is 61.5 Å². The molecule has 2 heterocycles. The third kappa shape index (κ3) is 5.32. The van der Waals surface area contributed by atoms with Crippen molar-refractivity contribution in [3.8, 4) is 0 Å². The van der Waals surface area contributed by atoms with Crippen LogP contribution in [-0.4, -0.2) is 58.9 Å². The van der Waals surface area contributed by atoms with Gasteiger partial charge < -0.3 is 10.2 Å². The molecule has 0 aliphatic carbocycles. The van der Waals surface area contributed by atoms with Crippen molar-refractivity contribution in [3.63, 3.8) is 0 Å². The molecule has 8 heteroatoms. The third-order valence-corrected chi connectivity index (χ3v) is 7.60. The molecule has 0 unspecified atom stereocenters. The van der Waals surface area contributed by atoms with E-state index in [0.717, 1.165) is 28.5 Å². The third-order valence-electron chi connectivity index (χ3n) is 6.69. The van der Waals surface area contributed by atoms with Crippen LogP contribution in [0, 0.1) is 6.92 Å². The minimum absolute atomic E-state index is 0.00474. The lowest BCUT2D eigenvalue weighted by atomic mass is 9.72. The van der Waals surface area contributed by atoms with Crippen LogP contribution in [0.15, 0.2) is 59.5 Å². The van der Waals surface area contributed by atoms with Crippen molar-refractivity contribution in [1.82, 2.24) is 15.1 Å². The molecule has 2 aromatic rings. The first-order chi connectivity index (χ1) is 16.8. The smallest absolute Gasteiger partial charge is 0.293 e. The van der Waals surface area contributed by atoms with Crippen molar-refractivity contribution < 1.29 is 19.2 Å². The Hall–Kier alpha value is -3.39. The Morgan fingerprint density at radius 2 is 1.69 bits per heavy atom. The molecule has 35 heavy (non-hydrogen) atoms. The minimum atomic E-state index is -0.752. The molecule has 2 saturated heterocycles. The summed E-state index contributed by atoms with van der Waals surface area (Å²) >= 11 is 0.915. The molecule has 182 valence electrons. The van der Waals surface area contributed by atoms with Crippen molar-refractivity contribution in [1.29, 1.82) is 0 Å². The van der Waals surface area contributed by atoms with E-state index < -0.39 is 5.41 Å². The van der Waals surface area contributed by atoms with Gasteiger partial charge in [0.25, 0.3) is 11.1 Å². The van der Waals surface area contributed by atoms with Crippen molar-refractivity contribution in [2.75, 3.05) is 26.2 Å². The molecular weight excluding hydrogens is 462 g/mol. The molecule has 7 nitrogen and oxygen atoms in total. The molecule has 2 aliphatic heterocycles. The summed E-state index contributed by atoms with van der Waals surface area (Å²) in [5.74, 6) is -0.485. The lowest BCUT2D eigenvalue weighted by molar-refractivity contribution is -0.135. The monoisotopic (exact) mass is 491 g/mol. The van der Waals surface area contributed by atoms with E-state index in [1.165, 1.54) is 4.90 Å². The zero-order valence-electron chi connectivity index (χ0n) is 20.0. The number of nitrogens with one attached hydrogen (secondary N) is 1. The van der Waals surface area contributed by atoms with Gasteiger partial charge in [0.15, 0.2) is 0 Å². The quantitative estimate of drug-likeness (QED) is 0.623. The molecule has 0 aromatic heterocycles. The van der Waals surface area contributed by atoms with Crippen LogP contribution in [0.2, 0.25) is 0 Å². The number of piperidine rings is 1. The Balaban J connectivity index is 1.41. The molecule has 2 aromatic carbocycles. The number of imide groups is 1. The van der Waals surface area contributed by atoms with Crippen LogP contribution in [0.1, 0.15) is 36.5 Å². The Kier molecular flexibility index (Phi) is 7.40. The molecular formula is C27H29N3O4S. The van der Waals surface area contributed by atoms with Crippen LogP contribution < -0.4 is 5.32 Å². The summed E-state index contributed by atoms with van der Waals surface area (Å²) in [5, 5.41) is 2.62. The summed E-state index contributed by atoms with van der Waals surface area (Å²) in [5.41, 5.74) is 2.13. The second kappa shape index (κ2) is 10.5. The summed E-state index contributed by atoms with van der Waals surface area (Å²) in [6, 6.07) is 17.3. The number of thioether (sulfide) groups is 1. The molecule has 4 rings (SSSR count). The van der Waals surface area contributed by atoms with E-state index in [1.54, 1.807) is 17.9 Å². The van der Waals surface area contributed by atoms with Gasteiger partial charge >= 0.3 is 0 Å². The second-order valence-electron chi connectivity index (χ2n) is 8.95. The number of amides is 4. The SMILES string of the molecule is CC(=O)N1CCC(C(=O)NCCN2C(=O)S/C(=C/c3ccc(C)cc3)C2=O)(c2ccccc2)CC1. The number of aryl methyl sites for hydroxylation is 1. The zero-order valence-corrected chi connectivity index (χ0v) is 20.8. The number of nitrogens with zero attached hydrogens (tertiary/aromatic N) is 2. The maximum atomic E-state index is 13.4. The standard InChI is InChI=1S/C27H29N3O4S/c1-19-8-10-21(11-9-19)18-23-24(32)30(26(34)35-23)17-14-28-25(33)27(22-6-4-3-5-7-22)12-15-29(16-13-27)20(2)31/h3-11,18H,12-17H2,1-2H3,(H,28,33)/b23-18+. The van der Waals surface area contributed by atoms with Crippen LogP contribution in [-0.2, 0) is 19.8 Å². The maximum absolute atomic E-state index is 13.4. The van der Waals surface area contributed by atoms with Crippen molar-refractivity contribution >= 4 is 40.8 Å². The molecule has 4 amide bonds. The summed E-state index contributed by atoms with van der Waals surface area (Å²) in [6.07, 6.45) is 2.75. The minimum Gasteiger partial charge on any atom is -0.354 e. The van der Waals surface area contributed by atoms with Gasteiger partial charge in [-0.1, -0.05) is 60.2 Å². The summed E-state index contributed by atoms with van der Waals surface area (Å²) in [7, 11) is 0. The number of hydrogen-bond donors (Lipinski definition) is 1. The first-order valence-corrected chi connectivity index (χ1v) is 12.5. The van der Waals surface area contributed by atoms with Gasteiger partial charge in [0.05, 0.1) is 10.3 Å². The van der Waals surface area contributed by atoms with E-state index >= 15 is 0 Å². The Morgan fingerprint density at radius 3 is 2.31 bits per heavy atom. The lowest BCUT2D eigenvalue weighted by Crippen LogP contribution is -2.53. The molecule has 0 radical (unpaired) electrons. The summed E-state index contributed by atoms with van der Waals surface area (Å²) in [6.45, 7) is 4.81. The Bertz CT molecular complexity index is 1150. The molecule has 0 saturated carbocycles. The highest BCUT2D eigenvalue weighted by Gasteiger charge is 2.43. The number of carbonyl (C=O) groups excluding carboxylic acids is 4. The lowest BCUT2D eigenvalue weighted by Gasteiger charge is -2.40. The van der Waals surface area contributed by atoms with Crippen LogP contribution in [0.4, 0.5) is 4.79 Å². The predicted octanol–water partition coefficient (Wildman–Crippen LogP) is 3.73. The van der Waals surface area contributed by atoms with Gasteiger partial charge in [-0.2, -0.15) is 0 Å². The zero-order chi connectivity index (χ0) is 25.0. The highest BCUT2D eigenvalue weighted by atomic mass is 32.2. The molecule has 0 atom stereocenters. The second-order valence-corrected chi connectivity index (χ2v) is 9.95. The highest BCUT2D eigenvalue weighted by molar-refractivity contribution is 8.18.